The van der Waals surface area contributed by atoms with E-state index >= 15 is 0 Å². The van der Waals surface area contributed by atoms with Gasteiger partial charge in [0.15, 0.2) is 0 Å². The maximum absolute atomic E-state index is 6.22. The first-order chi connectivity index (χ1) is 19.4. The maximum atomic E-state index is 6.22. The van der Waals surface area contributed by atoms with E-state index in [4.69, 9.17) is 33.5 Å². The molecule has 2 heterocycles. The number of halogens is 1. The number of nitrogens with one attached hydrogen (secondary N) is 2. The van der Waals surface area contributed by atoms with Crippen molar-refractivity contribution in [2.24, 2.45) is 4.99 Å². The highest BCUT2D eigenvalue weighted by molar-refractivity contribution is 7.80. The van der Waals surface area contributed by atoms with E-state index in [1.165, 1.54) is 0 Å². The van der Waals surface area contributed by atoms with Gasteiger partial charge in [-0.25, -0.2) is 9.97 Å². The van der Waals surface area contributed by atoms with Gasteiger partial charge in [0, 0.05) is 54.0 Å². The van der Waals surface area contributed by atoms with E-state index in [1.54, 1.807) is 0 Å². The summed E-state index contributed by atoms with van der Waals surface area (Å²) in [5, 5.41) is 7.57. The highest BCUT2D eigenvalue weighted by atomic mass is 35.5. The number of hydrogen-bond acceptors (Lipinski definition) is 5. The minimum Gasteiger partial charge on any atom is -0.457 e. The van der Waals surface area contributed by atoms with E-state index < -0.39 is 0 Å². The molecule has 4 aromatic rings. The van der Waals surface area contributed by atoms with Gasteiger partial charge in [0.1, 0.15) is 11.5 Å². The minimum absolute atomic E-state index is 0.320. The maximum Gasteiger partial charge on any atom is 0.229 e. The molecule has 204 valence electrons. The molecule has 40 heavy (non-hydrogen) atoms. The molecule has 1 aliphatic heterocycles. The van der Waals surface area contributed by atoms with Crippen molar-refractivity contribution in [2.75, 3.05) is 41.7 Å². The van der Waals surface area contributed by atoms with Crippen molar-refractivity contribution in [1.82, 2.24) is 14.9 Å². The van der Waals surface area contributed by atoms with Crippen molar-refractivity contribution in [2.45, 2.75) is 13.8 Å². The fourth-order valence-electron chi connectivity index (χ4n) is 4.39. The molecule has 3 aromatic carbocycles. The molecule has 0 aliphatic carbocycles. The van der Waals surface area contributed by atoms with Crippen molar-refractivity contribution < 1.29 is 4.74 Å². The van der Waals surface area contributed by atoms with Gasteiger partial charge in [-0.3, -0.25) is 5.32 Å². The van der Waals surface area contributed by atoms with Crippen molar-refractivity contribution >= 4 is 52.2 Å². The Hall–Kier alpha value is -4.21. The molecule has 0 spiro atoms. The van der Waals surface area contributed by atoms with Gasteiger partial charge in [0.05, 0.1) is 0 Å². The van der Waals surface area contributed by atoms with Gasteiger partial charge in [-0.05, 0) is 86.7 Å². The van der Waals surface area contributed by atoms with Gasteiger partial charge in [-0.2, -0.15) is 4.99 Å². The first kappa shape index (κ1) is 27.4. The summed E-state index contributed by atoms with van der Waals surface area (Å²) in [5.41, 5.74) is 3.66. The van der Waals surface area contributed by atoms with E-state index in [1.807, 2.05) is 92.7 Å². The number of hydrogen-bond donors (Lipinski definition) is 2. The molecule has 0 saturated carbocycles. The molecular formula is C30H30ClN7OS. The second-order valence-electron chi connectivity index (χ2n) is 9.36. The molecule has 0 bridgehead atoms. The highest BCUT2D eigenvalue weighted by Crippen LogP contribution is 2.23. The fraction of sp³-hybridized carbons (Fsp3) is 0.200. The summed E-state index contributed by atoms with van der Waals surface area (Å²) < 4.78 is 5.88. The molecule has 5 rings (SSSR count). The number of piperazine rings is 1. The lowest BCUT2D eigenvalue weighted by atomic mass is 10.2. The van der Waals surface area contributed by atoms with Crippen LogP contribution in [-0.4, -0.2) is 52.1 Å². The Labute approximate surface area is 244 Å². The first-order valence-corrected chi connectivity index (χ1v) is 13.8. The molecule has 0 radical (unpaired) electrons. The van der Waals surface area contributed by atoms with Crippen molar-refractivity contribution in [3.8, 4) is 11.5 Å². The Morgan fingerprint density at radius 1 is 0.825 bits per heavy atom. The van der Waals surface area contributed by atoms with Crippen LogP contribution in [0.4, 0.5) is 17.3 Å². The van der Waals surface area contributed by atoms with Crippen molar-refractivity contribution in [1.29, 1.82) is 0 Å². The molecule has 0 unspecified atom stereocenters. The number of guanidine groups is 1. The quantitative estimate of drug-likeness (QED) is 0.159. The lowest BCUT2D eigenvalue weighted by Gasteiger charge is -2.37. The number of aromatic nitrogens is 2. The lowest BCUT2D eigenvalue weighted by molar-refractivity contribution is 0.385. The Kier molecular flexibility index (Phi) is 8.73. The summed E-state index contributed by atoms with van der Waals surface area (Å²) in [5.74, 6) is 2.59. The Balaban J connectivity index is 1.29. The average Bonchev–Trinajstić information content (AvgIpc) is 2.94. The number of rotatable bonds is 5. The number of nitrogens with zero attached hydrogens (tertiary/aromatic N) is 5. The Morgan fingerprint density at radius 2 is 1.50 bits per heavy atom. The molecule has 1 aliphatic rings. The highest BCUT2D eigenvalue weighted by Gasteiger charge is 2.22. The largest absolute Gasteiger partial charge is 0.457 e. The van der Waals surface area contributed by atoms with Gasteiger partial charge < -0.3 is 19.9 Å². The normalized spacial score (nSPS) is 13.6. The topological polar surface area (TPSA) is 77.9 Å². The van der Waals surface area contributed by atoms with Crippen LogP contribution in [0.25, 0.3) is 0 Å². The molecule has 0 amide bonds. The van der Waals surface area contributed by atoms with Crippen molar-refractivity contribution in [3.63, 3.8) is 0 Å². The van der Waals surface area contributed by atoms with Crippen LogP contribution in [-0.2, 0) is 0 Å². The summed E-state index contributed by atoms with van der Waals surface area (Å²) in [6.45, 7) is 6.96. The third-order valence-electron chi connectivity index (χ3n) is 6.25. The van der Waals surface area contributed by atoms with Crippen LogP contribution in [0, 0.1) is 13.8 Å². The van der Waals surface area contributed by atoms with Crippen LogP contribution in [0.1, 0.15) is 11.4 Å². The lowest BCUT2D eigenvalue weighted by Crippen LogP contribution is -2.51. The smallest absolute Gasteiger partial charge is 0.229 e. The predicted molar refractivity (Wildman–Crippen MR) is 167 cm³/mol. The zero-order chi connectivity index (χ0) is 27.9. The number of ether oxygens (including phenoxy) is 1. The SMILES string of the molecule is Cc1cc(C)nc(N/C(=N/C(=S)Nc2ccc(Oc3ccccc3)cc2)N2CCN(c3cccc(Cl)c3)CC2)n1. The summed E-state index contributed by atoms with van der Waals surface area (Å²) >= 11 is 11.9. The molecule has 10 heteroatoms. The van der Waals surface area contributed by atoms with E-state index in [2.05, 4.69) is 36.5 Å². The monoisotopic (exact) mass is 571 g/mol. The Morgan fingerprint density at radius 3 is 2.17 bits per heavy atom. The summed E-state index contributed by atoms with van der Waals surface area (Å²) in [4.78, 5) is 18.3. The number of aryl methyl sites for hydroxylation is 2. The van der Waals surface area contributed by atoms with Crippen LogP contribution < -0.4 is 20.3 Å². The molecular weight excluding hydrogens is 542 g/mol. The van der Waals surface area contributed by atoms with E-state index in [0.717, 1.165) is 65.5 Å². The summed E-state index contributed by atoms with van der Waals surface area (Å²) in [7, 11) is 0. The zero-order valence-electron chi connectivity index (χ0n) is 22.3. The van der Waals surface area contributed by atoms with Gasteiger partial charge in [-0.15, -0.1) is 0 Å². The standard InChI is InChI=1S/C30H30ClN7OS/c1-21-19-22(2)33-28(32-21)35-29(38-17-15-37(16-18-38)25-8-6-7-23(31)20-25)36-30(40)34-24-11-13-27(14-12-24)39-26-9-4-3-5-10-26/h3-14,19-20H,15-18H2,1-2H3,(H2,32,33,34,35,36,40). The van der Waals surface area contributed by atoms with E-state index in [9.17, 15) is 0 Å². The van der Waals surface area contributed by atoms with Crippen LogP contribution in [0.3, 0.4) is 0 Å². The van der Waals surface area contributed by atoms with Crippen LogP contribution in [0.15, 0.2) is 89.9 Å². The number of aliphatic imine (C=N–C) groups is 1. The van der Waals surface area contributed by atoms with E-state index in [0.29, 0.717) is 17.0 Å². The third kappa shape index (κ3) is 7.46. The van der Waals surface area contributed by atoms with Crippen LogP contribution in [0.2, 0.25) is 5.02 Å². The molecule has 1 fully saturated rings. The second-order valence-corrected chi connectivity index (χ2v) is 10.2. The number of para-hydroxylation sites is 1. The van der Waals surface area contributed by atoms with Crippen LogP contribution in [0.5, 0.6) is 11.5 Å². The summed E-state index contributed by atoms with van der Waals surface area (Å²) in [6, 6.07) is 27.1. The number of thiocarbonyl (C=S) groups is 1. The molecule has 1 saturated heterocycles. The minimum atomic E-state index is 0.320. The third-order valence-corrected chi connectivity index (χ3v) is 6.68. The average molecular weight is 572 g/mol. The fourth-order valence-corrected chi connectivity index (χ4v) is 4.78. The van der Waals surface area contributed by atoms with Gasteiger partial charge in [0.25, 0.3) is 0 Å². The summed E-state index contributed by atoms with van der Waals surface area (Å²) in [6.07, 6.45) is 0. The number of anilines is 3. The van der Waals surface area contributed by atoms with Crippen molar-refractivity contribution in [3.05, 3.63) is 101 Å². The van der Waals surface area contributed by atoms with E-state index in [-0.39, 0.29) is 0 Å². The van der Waals surface area contributed by atoms with Gasteiger partial charge in [0.2, 0.25) is 17.0 Å². The number of benzene rings is 3. The van der Waals surface area contributed by atoms with Gasteiger partial charge in [-0.1, -0.05) is 35.9 Å². The van der Waals surface area contributed by atoms with Gasteiger partial charge >= 0.3 is 0 Å². The Bertz CT molecular complexity index is 1470. The zero-order valence-corrected chi connectivity index (χ0v) is 23.9. The molecule has 1 aromatic heterocycles. The molecule has 8 nitrogen and oxygen atoms in total. The predicted octanol–water partition coefficient (Wildman–Crippen LogP) is 6.53. The first-order valence-electron chi connectivity index (χ1n) is 13.0. The van der Waals surface area contributed by atoms with Crippen LogP contribution >= 0.6 is 23.8 Å². The molecule has 0 atom stereocenters. The molecule has 2 N–H and O–H groups in total. The second kappa shape index (κ2) is 12.8.